The Morgan fingerprint density at radius 3 is 2.21 bits per heavy atom. The Morgan fingerprint density at radius 1 is 0.862 bits per heavy atom. The first-order valence-electron chi connectivity index (χ1n) is 19.4. The lowest BCUT2D eigenvalue weighted by Gasteiger charge is -2.38. The third kappa shape index (κ3) is 9.30. The molecule has 0 bridgehead atoms. The number of aromatic nitrogens is 1. The van der Waals surface area contributed by atoms with Crippen LogP contribution in [0.1, 0.15) is 66.6 Å². The lowest BCUT2D eigenvalue weighted by atomic mass is 9.98. The minimum absolute atomic E-state index is 0.0434. The van der Waals surface area contributed by atoms with Gasteiger partial charge in [0.25, 0.3) is 5.91 Å². The number of para-hydroxylation sites is 1. The van der Waals surface area contributed by atoms with Crippen LogP contribution in [0.4, 0.5) is 4.79 Å². The van der Waals surface area contributed by atoms with E-state index < -0.39 is 48.5 Å². The zero-order chi connectivity index (χ0) is 40.8. The van der Waals surface area contributed by atoms with E-state index in [9.17, 15) is 19.2 Å². The van der Waals surface area contributed by atoms with E-state index in [-0.39, 0.29) is 18.9 Å². The number of hydrogen-bond donors (Lipinski definition) is 2. The molecule has 12 nitrogen and oxygen atoms in total. The number of aryl methyl sites for hydroxylation is 1. The van der Waals surface area contributed by atoms with Gasteiger partial charge >= 0.3 is 18.0 Å². The molecule has 0 radical (unpaired) electrons. The summed E-state index contributed by atoms with van der Waals surface area (Å²) in [5, 5.41) is 1.14. The number of carbonyl (C=O) groups excluding carboxylic acids is 4. The molecule has 2 N–H and O–H groups in total. The Balaban J connectivity index is 0.990. The van der Waals surface area contributed by atoms with Crippen molar-refractivity contribution in [2.75, 3.05) is 13.2 Å². The Kier molecular flexibility index (Phi) is 12.3. The summed E-state index contributed by atoms with van der Waals surface area (Å²) >= 11 is 0. The number of H-pyrrole nitrogens is 1. The number of esters is 2. The number of benzene rings is 4. The van der Waals surface area contributed by atoms with Gasteiger partial charge < -0.3 is 28.8 Å². The zero-order valence-corrected chi connectivity index (χ0v) is 32.9. The molecule has 4 unspecified atom stereocenters. The van der Waals surface area contributed by atoms with E-state index in [0.717, 1.165) is 44.4 Å². The first-order valence-corrected chi connectivity index (χ1v) is 19.4. The highest BCUT2D eigenvalue weighted by Gasteiger charge is 2.41. The molecule has 7 rings (SSSR count). The van der Waals surface area contributed by atoms with Crippen molar-refractivity contribution in [3.63, 3.8) is 0 Å². The van der Waals surface area contributed by atoms with E-state index >= 15 is 0 Å². The van der Waals surface area contributed by atoms with E-state index in [0.29, 0.717) is 19.5 Å². The standard InChI is InChI=1S/C46H47N3O9/c1-28-34(39-15-9-10-16-41(39)47-28)23-24-49(46(53)54-27-40-37-13-7-5-11-35(37)36-12-6-8-14-38(36)40)26-33-19-17-32(18-20-33)21-22-43(52)48-58-44-25-42(56-30(3)50)45(29(2)55-44)57-31(4)51/h5-22,29,40,42,44-45,47H,23-27H2,1-4H3,(H,48,52)/b22-21+. The monoisotopic (exact) mass is 785 g/mol. The van der Waals surface area contributed by atoms with Gasteiger partial charge in [0, 0.05) is 61.9 Å². The predicted octanol–water partition coefficient (Wildman–Crippen LogP) is 7.53. The van der Waals surface area contributed by atoms with Gasteiger partial charge in [-0.2, -0.15) is 0 Å². The molecule has 4 aromatic carbocycles. The van der Waals surface area contributed by atoms with Crippen molar-refractivity contribution in [1.82, 2.24) is 15.4 Å². The van der Waals surface area contributed by atoms with Crippen LogP contribution in [0.2, 0.25) is 0 Å². The topological polar surface area (TPSA) is 145 Å². The SMILES string of the molecule is CC(=O)OC1CC(ONC(=O)/C=C/c2ccc(CN(CCc3c(C)[nH]c4ccccc34)C(=O)OCC3c4ccccc4-c4ccccc43)cc2)OC(C)C1OC(C)=O. The maximum atomic E-state index is 14.0. The number of ether oxygens (including phenoxy) is 4. The fourth-order valence-electron chi connectivity index (χ4n) is 7.87. The number of amides is 2. The molecule has 4 atom stereocenters. The summed E-state index contributed by atoms with van der Waals surface area (Å²) in [6.07, 6.45) is 0.0262. The molecule has 1 aliphatic carbocycles. The van der Waals surface area contributed by atoms with Crippen molar-refractivity contribution in [2.24, 2.45) is 0 Å². The number of hydrogen-bond acceptors (Lipinski definition) is 9. The van der Waals surface area contributed by atoms with Crippen molar-refractivity contribution in [3.05, 3.63) is 137 Å². The number of rotatable bonds is 13. The highest BCUT2D eigenvalue weighted by molar-refractivity contribution is 5.91. The first kappa shape index (κ1) is 40.0. The summed E-state index contributed by atoms with van der Waals surface area (Å²) in [4.78, 5) is 60.6. The highest BCUT2D eigenvalue weighted by atomic mass is 16.8. The van der Waals surface area contributed by atoms with Crippen LogP contribution >= 0.6 is 0 Å². The first-order chi connectivity index (χ1) is 28.0. The molecular weight excluding hydrogens is 739 g/mol. The molecule has 58 heavy (non-hydrogen) atoms. The summed E-state index contributed by atoms with van der Waals surface area (Å²) in [5.74, 6) is -1.68. The minimum atomic E-state index is -0.943. The molecule has 0 saturated carbocycles. The molecule has 1 fully saturated rings. The smallest absolute Gasteiger partial charge is 0.410 e. The number of carbonyl (C=O) groups is 4. The maximum absolute atomic E-state index is 14.0. The number of aromatic amines is 1. The largest absolute Gasteiger partial charge is 0.458 e. The van der Waals surface area contributed by atoms with Gasteiger partial charge in [0.2, 0.25) is 0 Å². The van der Waals surface area contributed by atoms with Crippen LogP contribution in [0.25, 0.3) is 28.1 Å². The van der Waals surface area contributed by atoms with Gasteiger partial charge in [0.05, 0.1) is 6.10 Å². The Hall–Kier alpha value is -6.24. The molecule has 2 heterocycles. The number of nitrogens with zero attached hydrogens (tertiary/aromatic N) is 1. The van der Waals surface area contributed by atoms with E-state index in [2.05, 4.69) is 53.8 Å². The van der Waals surface area contributed by atoms with Gasteiger partial charge in [-0.25, -0.2) is 15.1 Å². The summed E-state index contributed by atoms with van der Waals surface area (Å²) < 4.78 is 22.5. The van der Waals surface area contributed by atoms with E-state index in [1.54, 1.807) is 17.9 Å². The van der Waals surface area contributed by atoms with Crippen LogP contribution in [0.3, 0.4) is 0 Å². The van der Waals surface area contributed by atoms with Crippen LogP contribution in [0.5, 0.6) is 0 Å². The molecule has 300 valence electrons. The molecule has 0 spiro atoms. The second-order valence-electron chi connectivity index (χ2n) is 14.6. The molecule has 12 heteroatoms. The fraction of sp³-hybridized carbons (Fsp3) is 0.304. The maximum Gasteiger partial charge on any atom is 0.410 e. The third-order valence-corrected chi connectivity index (χ3v) is 10.6. The quantitative estimate of drug-likeness (QED) is 0.0536. The van der Waals surface area contributed by atoms with Crippen LogP contribution in [0.15, 0.2) is 103 Å². The molecule has 2 aliphatic rings. The molecule has 1 aliphatic heterocycles. The van der Waals surface area contributed by atoms with Crippen molar-refractivity contribution in [3.8, 4) is 11.1 Å². The van der Waals surface area contributed by atoms with Gasteiger partial charge in [-0.1, -0.05) is 91.0 Å². The lowest BCUT2D eigenvalue weighted by molar-refractivity contribution is -0.268. The fourth-order valence-corrected chi connectivity index (χ4v) is 7.87. The van der Waals surface area contributed by atoms with Gasteiger partial charge in [-0.05, 0) is 71.4 Å². The lowest BCUT2D eigenvalue weighted by Crippen LogP contribution is -2.52. The average molecular weight is 786 g/mol. The zero-order valence-electron chi connectivity index (χ0n) is 32.9. The van der Waals surface area contributed by atoms with Gasteiger partial charge in [-0.3, -0.25) is 14.4 Å². The van der Waals surface area contributed by atoms with Crippen molar-refractivity contribution in [1.29, 1.82) is 0 Å². The number of nitrogens with one attached hydrogen (secondary N) is 2. The van der Waals surface area contributed by atoms with Gasteiger partial charge in [-0.15, -0.1) is 0 Å². The van der Waals surface area contributed by atoms with E-state index in [4.69, 9.17) is 23.8 Å². The van der Waals surface area contributed by atoms with Crippen LogP contribution in [0, 0.1) is 6.92 Å². The van der Waals surface area contributed by atoms with Crippen molar-refractivity contribution in [2.45, 2.75) is 77.6 Å². The molecule has 1 aromatic heterocycles. The van der Waals surface area contributed by atoms with Gasteiger partial charge in [0.1, 0.15) is 12.7 Å². The summed E-state index contributed by atoms with van der Waals surface area (Å²) in [5.41, 5.74) is 11.9. The summed E-state index contributed by atoms with van der Waals surface area (Å²) in [6.45, 7) is 7.22. The molecule has 5 aromatic rings. The van der Waals surface area contributed by atoms with Crippen molar-refractivity contribution >= 4 is 40.9 Å². The molecule has 2 amide bonds. The summed E-state index contributed by atoms with van der Waals surface area (Å²) in [7, 11) is 0. The minimum Gasteiger partial charge on any atom is -0.458 e. The van der Waals surface area contributed by atoms with E-state index in [1.807, 2.05) is 60.7 Å². The Labute approximate surface area is 337 Å². The van der Waals surface area contributed by atoms with Crippen LogP contribution in [-0.4, -0.2) is 71.6 Å². The van der Waals surface area contributed by atoms with E-state index in [1.165, 1.54) is 31.1 Å². The second kappa shape index (κ2) is 17.9. The van der Waals surface area contributed by atoms with Crippen LogP contribution in [-0.2, 0) is 51.1 Å². The highest BCUT2D eigenvalue weighted by Crippen LogP contribution is 2.44. The second-order valence-corrected chi connectivity index (χ2v) is 14.6. The normalized spacial score (nSPS) is 18.7. The predicted molar refractivity (Wildman–Crippen MR) is 217 cm³/mol. The molecular formula is C46H47N3O9. The molecule has 1 saturated heterocycles. The van der Waals surface area contributed by atoms with Crippen LogP contribution < -0.4 is 5.48 Å². The number of fused-ring (bicyclic) bond motifs is 4. The average Bonchev–Trinajstić information content (AvgIpc) is 3.71. The van der Waals surface area contributed by atoms with Gasteiger partial charge in [0.15, 0.2) is 12.4 Å². The summed E-state index contributed by atoms with van der Waals surface area (Å²) in [6, 6.07) is 32.3. The Bertz CT molecular complexity index is 2270. The number of hydroxylamine groups is 1. The third-order valence-electron chi connectivity index (χ3n) is 10.6. The van der Waals surface area contributed by atoms with Crippen molar-refractivity contribution < 1.29 is 43.0 Å². The Morgan fingerprint density at radius 2 is 1.52 bits per heavy atom.